The van der Waals surface area contributed by atoms with Gasteiger partial charge in [0.1, 0.15) is 0 Å². The van der Waals surface area contributed by atoms with E-state index in [0.717, 1.165) is 31.3 Å². The van der Waals surface area contributed by atoms with E-state index in [1.165, 1.54) is 0 Å². The Hall–Kier alpha value is -0.950. The maximum atomic E-state index is 12.8. The molecule has 36 heavy (non-hydrogen) atoms. The first-order valence-corrected chi connectivity index (χ1v) is 14.1. The molecule has 6 nitrogen and oxygen atoms in total. The summed E-state index contributed by atoms with van der Waals surface area (Å²) in [5, 5.41) is 54.5. The van der Waals surface area contributed by atoms with Crippen molar-refractivity contribution in [3.8, 4) is 0 Å². The molecule has 11 atom stereocenters. The van der Waals surface area contributed by atoms with Gasteiger partial charge in [-0.1, -0.05) is 53.2 Å². The van der Waals surface area contributed by atoms with E-state index in [1.807, 2.05) is 6.92 Å². The van der Waals surface area contributed by atoms with Crippen LogP contribution in [0.5, 0.6) is 0 Å². The van der Waals surface area contributed by atoms with Crippen LogP contribution in [-0.4, -0.2) is 56.4 Å². The summed E-state index contributed by atoms with van der Waals surface area (Å²) < 4.78 is 0. The van der Waals surface area contributed by atoms with Crippen LogP contribution in [0.2, 0.25) is 0 Å². The molecule has 5 N–H and O–H groups in total. The third kappa shape index (κ3) is 2.96. The van der Waals surface area contributed by atoms with Crippen molar-refractivity contribution in [2.24, 2.45) is 50.2 Å². The lowest BCUT2D eigenvalue weighted by Gasteiger charge is -2.71. The standard InChI is InChI=1S/C30H48O6/c1-25(2)11-13-30(24(35)36)14-12-28(5)17(21(30)23(25)34)7-8-20-26(3)15-18(32)22(33)27(4,16-31)19(26)9-10-29(20,28)6/h7,18-23,31-34H,8-16H2,1-6H3,(H,35,36)/t18-,19-,20-,21-,22+,23-,26+,27+,28-,29+,30+/m1/s1. The summed E-state index contributed by atoms with van der Waals surface area (Å²) in [6.07, 6.45) is 5.48. The normalized spacial score (nSPS) is 55.9. The molecular formula is C30H48O6. The zero-order valence-corrected chi connectivity index (χ0v) is 23.0. The monoisotopic (exact) mass is 504 g/mol. The highest BCUT2D eigenvalue weighted by atomic mass is 16.4. The van der Waals surface area contributed by atoms with Crippen LogP contribution in [0.25, 0.3) is 0 Å². The predicted octanol–water partition coefficient (Wildman–Crippen LogP) is 4.15. The van der Waals surface area contributed by atoms with Gasteiger partial charge < -0.3 is 25.5 Å². The summed E-state index contributed by atoms with van der Waals surface area (Å²) in [5.74, 6) is -0.833. The molecule has 4 fully saturated rings. The number of aliphatic hydroxyl groups is 4. The van der Waals surface area contributed by atoms with Crippen molar-refractivity contribution >= 4 is 5.97 Å². The predicted molar refractivity (Wildman–Crippen MR) is 137 cm³/mol. The van der Waals surface area contributed by atoms with Gasteiger partial charge in [0.25, 0.3) is 0 Å². The quantitative estimate of drug-likeness (QED) is 0.361. The van der Waals surface area contributed by atoms with E-state index < -0.39 is 35.1 Å². The second kappa shape index (κ2) is 7.80. The second-order valence-corrected chi connectivity index (χ2v) is 15.0. The topological polar surface area (TPSA) is 118 Å². The van der Waals surface area contributed by atoms with Gasteiger partial charge in [-0.2, -0.15) is 0 Å². The molecule has 5 aliphatic carbocycles. The van der Waals surface area contributed by atoms with E-state index in [-0.39, 0.29) is 46.0 Å². The lowest BCUT2D eigenvalue weighted by atomic mass is 9.33. The minimum atomic E-state index is -0.944. The fourth-order valence-electron chi connectivity index (χ4n) is 10.8. The largest absolute Gasteiger partial charge is 0.481 e. The molecule has 0 radical (unpaired) electrons. The number of carbonyl (C=O) groups is 1. The Balaban J connectivity index is 1.63. The van der Waals surface area contributed by atoms with Crippen LogP contribution >= 0.6 is 0 Å². The first-order valence-electron chi connectivity index (χ1n) is 14.1. The maximum Gasteiger partial charge on any atom is 0.310 e. The smallest absolute Gasteiger partial charge is 0.310 e. The van der Waals surface area contributed by atoms with Crippen molar-refractivity contribution in [2.45, 2.75) is 111 Å². The molecule has 0 aromatic heterocycles. The highest BCUT2D eigenvalue weighted by Crippen LogP contribution is 2.75. The zero-order chi connectivity index (χ0) is 26.7. The molecule has 5 aliphatic rings. The molecule has 6 heteroatoms. The molecule has 0 heterocycles. The Kier molecular flexibility index (Phi) is 5.77. The van der Waals surface area contributed by atoms with E-state index in [0.29, 0.717) is 25.7 Å². The first-order chi connectivity index (χ1) is 16.5. The van der Waals surface area contributed by atoms with Crippen LogP contribution in [0.1, 0.15) is 92.9 Å². The number of aliphatic carboxylic acids is 1. The number of carboxylic acid groups (broad SMARTS) is 1. The molecule has 0 aromatic carbocycles. The fraction of sp³-hybridized carbons (Fsp3) is 0.900. The number of aliphatic hydroxyl groups excluding tert-OH is 4. The molecular weight excluding hydrogens is 456 g/mol. The van der Waals surface area contributed by atoms with Gasteiger partial charge in [-0.05, 0) is 84.9 Å². The number of hydrogen-bond donors (Lipinski definition) is 5. The van der Waals surface area contributed by atoms with Gasteiger partial charge in [-0.25, -0.2) is 0 Å². The van der Waals surface area contributed by atoms with E-state index in [1.54, 1.807) is 0 Å². The van der Waals surface area contributed by atoms with Crippen molar-refractivity contribution in [1.29, 1.82) is 0 Å². The molecule has 0 unspecified atom stereocenters. The maximum absolute atomic E-state index is 12.8. The molecule has 0 aliphatic heterocycles. The van der Waals surface area contributed by atoms with Crippen LogP contribution in [-0.2, 0) is 4.79 Å². The summed E-state index contributed by atoms with van der Waals surface area (Å²) in [6.45, 7) is 12.9. The third-order valence-corrected chi connectivity index (χ3v) is 13.4. The van der Waals surface area contributed by atoms with Crippen molar-refractivity contribution in [3.63, 3.8) is 0 Å². The molecule has 0 saturated heterocycles. The van der Waals surface area contributed by atoms with Gasteiger partial charge in [-0.15, -0.1) is 0 Å². The summed E-state index contributed by atoms with van der Waals surface area (Å²) in [4.78, 5) is 12.8. The van der Waals surface area contributed by atoms with Gasteiger partial charge in [0.2, 0.25) is 0 Å². The van der Waals surface area contributed by atoms with Gasteiger partial charge in [0.15, 0.2) is 0 Å². The van der Waals surface area contributed by atoms with Crippen molar-refractivity contribution in [2.75, 3.05) is 6.61 Å². The van der Waals surface area contributed by atoms with Gasteiger partial charge >= 0.3 is 5.97 Å². The molecule has 4 saturated carbocycles. The number of hydrogen-bond acceptors (Lipinski definition) is 5. The van der Waals surface area contributed by atoms with E-state index in [4.69, 9.17) is 0 Å². The van der Waals surface area contributed by atoms with Crippen LogP contribution in [0.4, 0.5) is 0 Å². The number of allylic oxidation sites excluding steroid dienone is 1. The summed E-state index contributed by atoms with van der Waals surface area (Å²) in [6, 6.07) is 0. The third-order valence-electron chi connectivity index (χ3n) is 13.4. The lowest BCUT2D eigenvalue weighted by molar-refractivity contribution is -0.245. The summed E-state index contributed by atoms with van der Waals surface area (Å²) in [7, 11) is 0. The number of rotatable bonds is 2. The van der Waals surface area contributed by atoms with E-state index in [2.05, 4.69) is 40.7 Å². The SMILES string of the molecule is CC1(C)CC[C@]2(C(=O)O)CC[C@]3(C)C(=CC[C@@H]4[C@@]5(C)C[C@@H](O)[C@H](O)[C@@](C)(CO)[C@@H]5CC[C@@]43C)[C@@H]2[C@H]1O. The van der Waals surface area contributed by atoms with Crippen LogP contribution in [0, 0.1) is 50.2 Å². The van der Waals surface area contributed by atoms with Crippen LogP contribution in [0.15, 0.2) is 11.6 Å². The summed E-state index contributed by atoms with van der Waals surface area (Å²) in [5.41, 5.74) is -1.50. The Morgan fingerprint density at radius 2 is 1.56 bits per heavy atom. The molecule has 0 spiro atoms. The zero-order valence-electron chi connectivity index (χ0n) is 23.0. The molecule has 0 bridgehead atoms. The van der Waals surface area contributed by atoms with Crippen LogP contribution in [0.3, 0.4) is 0 Å². The minimum Gasteiger partial charge on any atom is -0.481 e. The molecule has 0 aromatic rings. The highest BCUT2D eigenvalue weighted by Gasteiger charge is 2.71. The van der Waals surface area contributed by atoms with Crippen molar-refractivity contribution in [3.05, 3.63) is 11.6 Å². The molecule has 0 amide bonds. The molecule has 5 rings (SSSR count). The number of fused-ring (bicyclic) bond motifs is 7. The van der Waals surface area contributed by atoms with Crippen molar-refractivity contribution < 1.29 is 30.3 Å². The Morgan fingerprint density at radius 3 is 2.17 bits per heavy atom. The van der Waals surface area contributed by atoms with Gasteiger partial charge in [0.05, 0.1) is 30.3 Å². The highest BCUT2D eigenvalue weighted by molar-refractivity contribution is 5.77. The second-order valence-electron chi connectivity index (χ2n) is 15.0. The Bertz CT molecular complexity index is 974. The minimum absolute atomic E-state index is 0.0888. The lowest BCUT2D eigenvalue weighted by Crippen LogP contribution is -2.69. The van der Waals surface area contributed by atoms with E-state index >= 15 is 0 Å². The van der Waals surface area contributed by atoms with Gasteiger partial charge in [0, 0.05) is 11.3 Å². The average Bonchev–Trinajstić information content (AvgIpc) is 2.80. The Morgan fingerprint density at radius 1 is 0.917 bits per heavy atom. The fourth-order valence-corrected chi connectivity index (χ4v) is 10.8. The van der Waals surface area contributed by atoms with E-state index in [9.17, 15) is 30.3 Å². The molecule has 204 valence electrons. The Labute approximate surface area is 216 Å². The first kappa shape index (κ1) is 26.6. The van der Waals surface area contributed by atoms with Crippen molar-refractivity contribution in [1.82, 2.24) is 0 Å². The number of carboxylic acids is 1. The summed E-state index contributed by atoms with van der Waals surface area (Å²) >= 11 is 0. The van der Waals surface area contributed by atoms with Crippen LogP contribution < -0.4 is 0 Å². The average molecular weight is 505 g/mol. The van der Waals surface area contributed by atoms with Gasteiger partial charge in [-0.3, -0.25) is 4.79 Å².